The van der Waals surface area contributed by atoms with Gasteiger partial charge in [-0.05, 0) is 44.1 Å². The molecule has 2 bridgehead atoms. The van der Waals surface area contributed by atoms with Gasteiger partial charge in [0.05, 0.1) is 17.4 Å². The molecule has 4 N–H and O–H groups in total. The first-order chi connectivity index (χ1) is 16.5. The third kappa shape index (κ3) is 3.26. The Kier molecular flexibility index (Phi) is 5.37. The Labute approximate surface area is 202 Å². The molecule has 5 rings (SSSR count). The maximum atomic E-state index is 12.8. The number of hydrogen-bond acceptors (Lipinski definition) is 8. The van der Waals surface area contributed by atoms with Crippen LogP contribution in [0.3, 0.4) is 0 Å². The lowest BCUT2D eigenvalue weighted by Crippen LogP contribution is -2.74. The molecular formula is C25H30N2O8. The highest BCUT2D eigenvalue weighted by atomic mass is 16.6. The first-order valence-electron chi connectivity index (χ1n) is 11.9. The average Bonchev–Trinajstić information content (AvgIpc) is 3.15. The van der Waals surface area contributed by atoms with Crippen molar-refractivity contribution in [3.8, 4) is 11.5 Å². The van der Waals surface area contributed by atoms with Gasteiger partial charge in [-0.3, -0.25) is 9.59 Å². The number of phenols is 1. The fraction of sp³-hybridized carbons (Fsp3) is 0.560. The van der Waals surface area contributed by atoms with Crippen LogP contribution in [0.15, 0.2) is 24.0 Å². The summed E-state index contributed by atoms with van der Waals surface area (Å²) in [5.74, 6) is -2.66. The molecule has 2 unspecified atom stereocenters. The van der Waals surface area contributed by atoms with E-state index < -0.39 is 53.3 Å². The number of carbonyl (C=O) groups excluding carboxylic acids is 2. The van der Waals surface area contributed by atoms with Crippen LogP contribution in [0.4, 0.5) is 0 Å². The third-order valence-corrected chi connectivity index (χ3v) is 8.09. The van der Waals surface area contributed by atoms with Crippen LogP contribution in [-0.4, -0.2) is 75.4 Å². The van der Waals surface area contributed by atoms with Crippen LogP contribution in [0.1, 0.15) is 44.2 Å². The first kappa shape index (κ1) is 23.6. The van der Waals surface area contributed by atoms with Gasteiger partial charge in [-0.25, -0.2) is 4.79 Å². The molecule has 188 valence electrons. The number of carboxylic acids is 1. The Morgan fingerprint density at radius 1 is 1.31 bits per heavy atom. The largest absolute Gasteiger partial charge is 0.504 e. The number of aromatic hydroxyl groups is 1. The van der Waals surface area contributed by atoms with Crippen LogP contribution >= 0.6 is 0 Å². The molecule has 0 radical (unpaired) electrons. The minimum absolute atomic E-state index is 0.0414. The molecule has 10 heteroatoms. The van der Waals surface area contributed by atoms with E-state index in [1.54, 1.807) is 26.0 Å². The number of aliphatic hydroxyl groups is 1. The number of nitrogens with one attached hydrogen (secondary N) is 1. The molecule has 2 aliphatic heterocycles. The van der Waals surface area contributed by atoms with Crippen molar-refractivity contribution in [1.29, 1.82) is 0 Å². The Bertz CT molecular complexity index is 1150. The van der Waals surface area contributed by atoms with Crippen LogP contribution < -0.4 is 10.1 Å². The maximum absolute atomic E-state index is 12.8. The van der Waals surface area contributed by atoms with E-state index in [0.717, 1.165) is 11.1 Å². The van der Waals surface area contributed by atoms with Gasteiger partial charge in [-0.15, -0.1) is 0 Å². The van der Waals surface area contributed by atoms with Crippen molar-refractivity contribution in [3.05, 3.63) is 35.1 Å². The van der Waals surface area contributed by atoms with E-state index in [-0.39, 0.29) is 24.0 Å². The first-order valence-corrected chi connectivity index (χ1v) is 11.9. The molecule has 1 aromatic rings. The van der Waals surface area contributed by atoms with Crippen molar-refractivity contribution in [2.24, 2.45) is 5.92 Å². The highest BCUT2D eigenvalue weighted by molar-refractivity contribution is 5.88. The molecule has 1 spiro atoms. The second kappa shape index (κ2) is 7.96. The summed E-state index contributed by atoms with van der Waals surface area (Å²) in [4.78, 5) is 38.6. The van der Waals surface area contributed by atoms with Crippen LogP contribution in [0, 0.1) is 5.92 Å². The van der Waals surface area contributed by atoms with Gasteiger partial charge in [0.2, 0.25) is 5.91 Å². The number of esters is 1. The van der Waals surface area contributed by atoms with Crippen molar-refractivity contribution in [2.75, 3.05) is 13.6 Å². The number of rotatable bonds is 6. The van der Waals surface area contributed by atoms with Crippen LogP contribution in [0.5, 0.6) is 11.5 Å². The highest BCUT2D eigenvalue weighted by Crippen LogP contribution is 2.65. The van der Waals surface area contributed by atoms with Gasteiger partial charge in [-0.1, -0.05) is 19.9 Å². The predicted octanol–water partition coefficient (Wildman–Crippen LogP) is 0.829. The Balaban J connectivity index is 1.46. The molecule has 1 amide bonds. The lowest BCUT2D eigenvalue weighted by Gasteiger charge is -2.61. The number of piperidine rings is 1. The van der Waals surface area contributed by atoms with Gasteiger partial charge in [0, 0.05) is 23.9 Å². The van der Waals surface area contributed by atoms with E-state index in [4.69, 9.17) is 9.47 Å². The number of aliphatic carboxylic acids is 1. The number of likely N-dealkylation sites (tertiary alicyclic amines) is 1. The molecule has 35 heavy (non-hydrogen) atoms. The number of carboxylic acid groups (broad SMARTS) is 1. The summed E-state index contributed by atoms with van der Waals surface area (Å²) in [5.41, 5.74) is -0.351. The maximum Gasteiger partial charge on any atom is 0.326 e. The minimum atomic E-state index is -1.43. The number of phenolic OH excluding ortho intramolecular Hbond substituents is 1. The van der Waals surface area contributed by atoms with E-state index in [2.05, 4.69) is 10.2 Å². The fourth-order valence-corrected chi connectivity index (χ4v) is 6.32. The molecule has 0 aromatic heterocycles. The number of ether oxygens (including phenoxy) is 2. The molecule has 2 aliphatic carbocycles. The van der Waals surface area contributed by atoms with Gasteiger partial charge in [-0.2, -0.15) is 0 Å². The van der Waals surface area contributed by atoms with Crippen molar-refractivity contribution >= 4 is 17.8 Å². The molecule has 5 atom stereocenters. The van der Waals surface area contributed by atoms with E-state index in [9.17, 15) is 29.7 Å². The summed E-state index contributed by atoms with van der Waals surface area (Å²) in [7, 11) is 1.98. The summed E-state index contributed by atoms with van der Waals surface area (Å²) in [6.45, 7) is 3.93. The van der Waals surface area contributed by atoms with Gasteiger partial charge < -0.3 is 35.0 Å². The summed E-state index contributed by atoms with van der Waals surface area (Å²) in [6.07, 6.45) is 1.56. The fourth-order valence-electron chi connectivity index (χ4n) is 6.32. The van der Waals surface area contributed by atoms with E-state index >= 15 is 0 Å². The molecule has 4 aliphatic rings. The topological polar surface area (TPSA) is 146 Å². The molecule has 1 saturated heterocycles. The number of amides is 1. The smallest absolute Gasteiger partial charge is 0.326 e. The molecular weight excluding hydrogens is 456 g/mol. The second-order valence-electron chi connectivity index (χ2n) is 10.3. The van der Waals surface area contributed by atoms with E-state index in [0.29, 0.717) is 25.1 Å². The van der Waals surface area contributed by atoms with E-state index in [1.807, 2.05) is 13.1 Å². The quantitative estimate of drug-likeness (QED) is 0.430. The second-order valence-corrected chi connectivity index (χ2v) is 10.3. The Morgan fingerprint density at radius 2 is 2.06 bits per heavy atom. The number of likely N-dealkylation sites (N-methyl/N-ethyl adjacent to an activating group) is 1. The van der Waals surface area contributed by atoms with Gasteiger partial charge in [0.15, 0.2) is 17.6 Å². The van der Waals surface area contributed by atoms with Gasteiger partial charge in [0.1, 0.15) is 11.8 Å². The SMILES string of the molecule is CC(C)C(=O)N[C@@H](CC(=O)OC1=CC[C@@]2(O)[C@H]3Cc4ccc(O)c5c4C2(CCN3C)C1O5)C(=O)O. The number of hydrogen-bond donors (Lipinski definition) is 4. The average molecular weight is 487 g/mol. The minimum Gasteiger partial charge on any atom is -0.504 e. The van der Waals surface area contributed by atoms with Crippen LogP contribution in [0.2, 0.25) is 0 Å². The third-order valence-electron chi connectivity index (χ3n) is 8.09. The standard InChI is InChI=1S/C25H30N2O8/c1-12(2)22(30)26-14(23(31)32)11-18(29)34-16-6-7-25(33)17-10-13-4-5-15(28)20-19(13)24(25,21(16)35-20)8-9-27(17)3/h4-6,12,14,17,21,28,33H,7-11H2,1-3H3,(H,26,30)(H,31,32)/t14-,17+,21?,24?,25+/m0/s1. The number of benzene rings is 1. The van der Waals surface area contributed by atoms with Crippen molar-refractivity contribution in [3.63, 3.8) is 0 Å². The monoisotopic (exact) mass is 486 g/mol. The number of carbonyl (C=O) groups is 3. The molecule has 1 fully saturated rings. The van der Waals surface area contributed by atoms with E-state index in [1.165, 1.54) is 0 Å². The lowest BCUT2D eigenvalue weighted by atomic mass is 9.50. The number of nitrogens with zero attached hydrogens (tertiary/aromatic N) is 1. The van der Waals surface area contributed by atoms with Crippen LogP contribution in [-0.2, 0) is 31.0 Å². The Hall–Kier alpha value is -3.11. The summed E-state index contributed by atoms with van der Waals surface area (Å²) in [6, 6.07) is 1.82. The normalized spacial score (nSPS) is 31.2. The summed E-state index contributed by atoms with van der Waals surface area (Å²) >= 11 is 0. The zero-order valence-electron chi connectivity index (χ0n) is 19.9. The van der Waals surface area contributed by atoms with Crippen molar-refractivity contribution in [1.82, 2.24) is 10.2 Å². The zero-order chi connectivity index (χ0) is 25.3. The molecule has 2 heterocycles. The zero-order valence-corrected chi connectivity index (χ0v) is 19.9. The van der Waals surface area contributed by atoms with Gasteiger partial charge in [0.25, 0.3) is 0 Å². The van der Waals surface area contributed by atoms with Gasteiger partial charge >= 0.3 is 11.9 Å². The predicted molar refractivity (Wildman–Crippen MR) is 122 cm³/mol. The Morgan fingerprint density at radius 3 is 2.74 bits per heavy atom. The summed E-state index contributed by atoms with van der Waals surface area (Å²) in [5, 5.41) is 34.5. The van der Waals surface area contributed by atoms with Crippen molar-refractivity contribution in [2.45, 2.75) is 68.7 Å². The summed E-state index contributed by atoms with van der Waals surface area (Å²) < 4.78 is 11.9. The molecule has 1 aromatic carbocycles. The highest BCUT2D eigenvalue weighted by Gasteiger charge is 2.72. The van der Waals surface area contributed by atoms with Crippen molar-refractivity contribution < 1.29 is 39.2 Å². The lowest BCUT2D eigenvalue weighted by molar-refractivity contribution is -0.169. The molecule has 0 saturated carbocycles. The molecule has 10 nitrogen and oxygen atoms in total. The van der Waals surface area contributed by atoms with Crippen LogP contribution in [0.25, 0.3) is 0 Å².